The van der Waals surface area contributed by atoms with Gasteiger partial charge in [-0.25, -0.2) is 9.59 Å². The lowest BCUT2D eigenvalue weighted by Crippen LogP contribution is -2.56. The van der Waals surface area contributed by atoms with Crippen LogP contribution in [-0.2, 0) is 14.3 Å². The van der Waals surface area contributed by atoms with Gasteiger partial charge in [0.15, 0.2) is 0 Å². The standard InChI is InChI=1S/C13H21N3O5/c1-21-8-6-10(12(18)19)16(7-8)13(20)15-5-3-2-4-9(15)11(14)17/h8-10H,2-7H2,1H3,(H2,14,17)(H,18,19). The number of ether oxygens (including phenoxy) is 1. The molecule has 0 saturated carbocycles. The number of carboxylic acid groups (broad SMARTS) is 1. The van der Waals surface area contributed by atoms with Crippen molar-refractivity contribution < 1.29 is 24.2 Å². The van der Waals surface area contributed by atoms with E-state index in [1.54, 1.807) is 0 Å². The van der Waals surface area contributed by atoms with Gasteiger partial charge in [0.05, 0.1) is 6.10 Å². The molecule has 3 unspecified atom stereocenters. The molecule has 3 N–H and O–H groups in total. The van der Waals surface area contributed by atoms with E-state index in [1.807, 2.05) is 0 Å². The third-order valence-electron chi connectivity index (χ3n) is 4.20. The van der Waals surface area contributed by atoms with E-state index in [0.717, 1.165) is 12.8 Å². The normalized spacial score (nSPS) is 29.5. The number of likely N-dealkylation sites (tertiary alicyclic amines) is 2. The van der Waals surface area contributed by atoms with Gasteiger partial charge in [-0.15, -0.1) is 0 Å². The molecule has 3 atom stereocenters. The number of nitrogens with two attached hydrogens (primary N) is 1. The molecule has 8 nitrogen and oxygen atoms in total. The topological polar surface area (TPSA) is 113 Å². The van der Waals surface area contributed by atoms with E-state index in [1.165, 1.54) is 16.9 Å². The average molecular weight is 299 g/mol. The van der Waals surface area contributed by atoms with Crippen LogP contribution in [0.25, 0.3) is 0 Å². The Bertz CT molecular complexity index is 442. The number of carboxylic acids is 1. The fourth-order valence-corrected chi connectivity index (χ4v) is 3.04. The van der Waals surface area contributed by atoms with Crippen LogP contribution in [0.4, 0.5) is 4.79 Å². The summed E-state index contributed by atoms with van der Waals surface area (Å²) in [6.07, 6.45) is 2.11. The molecule has 0 aromatic carbocycles. The molecule has 3 amide bonds. The van der Waals surface area contributed by atoms with Crippen molar-refractivity contribution in [3.63, 3.8) is 0 Å². The molecule has 2 heterocycles. The zero-order valence-electron chi connectivity index (χ0n) is 12.0. The number of carbonyl (C=O) groups is 3. The third-order valence-corrected chi connectivity index (χ3v) is 4.20. The zero-order chi connectivity index (χ0) is 15.6. The van der Waals surface area contributed by atoms with Crippen molar-refractivity contribution >= 4 is 17.9 Å². The molecular weight excluding hydrogens is 278 g/mol. The predicted octanol–water partition coefficient (Wildman–Crippen LogP) is -0.380. The van der Waals surface area contributed by atoms with Crippen molar-refractivity contribution in [2.75, 3.05) is 20.2 Å². The van der Waals surface area contributed by atoms with E-state index in [0.29, 0.717) is 13.0 Å². The number of urea groups is 1. The fourth-order valence-electron chi connectivity index (χ4n) is 3.04. The van der Waals surface area contributed by atoms with Crippen LogP contribution >= 0.6 is 0 Å². The molecule has 0 aromatic rings. The molecule has 118 valence electrons. The second-order valence-corrected chi connectivity index (χ2v) is 5.49. The minimum absolute atomic E-state index is 0.217. The van der Waals surface area contributed by atoms with Gasteiger partial charge in [-0.1, -0.05) is 0 Å². The maximum Gasteiger partial charge on any atom is 0.326 e. The van der Waals surface area contributed by atoms with Crippen LogP contribution in [0.15, 0.2) is 0 Å². The van der Waals surface area contributed by atoms with Crippen molar-refractivity contribution in [3.8, 4) is 0 Å². The largest absolute Gasteiger partial charge is 0.480 e. The Kier molecular flexibility index (Phi) is 4.66. The predicted molar refractivity (Wildman–Crippen MR) is 72.5 cm³/mol. The SMILES string of the molecule is COC1CC(C(=O)O)N(C(=O)N2CCCCC2C(N)=O)C1. The summed E-state index contributed by atoms with van der Waals surface area (Å²) in [4.78, 5) is 38.1. The number of amides is 3. The molecule has 0 aliphatic carbocycles. The number of aliphatic carboxylic acids is 1. The number of methoxy groups -OCH3 is 1. The van der Waals surface area contributed by atoms with Crippen molar-refractivity contribution in [2.45, 2.75) is 43.9 Å². The van der Waals surface area contributed by atoms with Gasteiger partial charge in [0.1, 0.15) is 12.1 Å². The molecule has 0 aromatic heterocycles. The Hall–Kier alpha value is -1.83. The first kappa shape index (κ1) is 15.6. The van der Waals surface area contributed by atoms with Crippen molar-refractivity contribution in [3.05, 3.63) is 0 Å². The van der Waals surface area contributed by atoms with Gasteiger partial charge in [-0.3, -0.25) is 4.79 Å². The Labute approximate surface area is 122 Å². The summed E-state index contributed by atoms with van der Waals surface area (Å²) in [6.45, 7) is 0.640. The van der Waals surface area contributed by atoms with Crippen LogP contribution in [0.3, 0.4) is 0 Å². The number of hydrogen-bond donors (Lipinski definition) is 2. The van der Waals surface area contributed by atoms with E-state index in [-0.39, 0.29) is 19.1 Å². The van der Waals surface area contributed by atoms with Crippen molar-refractivity contribution in [2.24, 2.45) is 5.73 Å². The summed E-state index contributed by atoms with van der Waals surface area (Å²) in [5, 5.41) is 9.26. The van der Waals surface area contributed by atoms with Gasteiger partial charge in [-0.05, 0) is 19.3 Å². The fraction of sp³-hybridized carbons (Fsp3) is 0.769. The number of carbonyl (C=O) groups excluding carboxylic acids is 2. The molecule has 8 heteroatoms. The highest BCUT2D eigenvalue weighted by Crippen LogP contribution is 2.25. The van der Waals surface area contributed by atoms with Crippen LogP contribution in [0, 0.1) is 0 Å². The number of primary amides is 1. The minimum Gasteiger partial charge on any atom is -0.480 e. The van der Waals surface area contributed by atoms with E-state index < -0.39 is 30.0 Å². The second kappa shape index (κ2) is 6.30. The molecule has 21 heavy (non-hydrogen) atoms. The van der Waals surface area contributed by atoms with Crippen molar-refractivity contribution in [1.82, 2.24) is 9.80 Å². The van der Waals surface area contributed by atoms with Crippen LogP contribution in [0.2, 0.25) is 0 Å². The monoisotopic (exact) mass is 299 g/mol. The number of rotatable bonds is 3. The quantitative estimate of drug-likeness (QED) is 0.737. The molecule has 2 rings (SSSR count). The number of piperidine rings is 1. The Morgan fingerprint density at radius 3 is 2.48 bits per heavy atom. The van der Waals surface area contributed by atoms with E-state index >= 15 is 0 Å². The summed E-state index contributed by atoms with van der Waals surface area (Å²) in [6, 6.07) is -2.01. The second-order valence-electron chi connectivity index (χ2n) is 5.49. The van der Waals surface area contributed by atoms with Gasteiger partial charge in [-0.2, -0.15) is 0 Å². The van der Waals surface area contributed by atoms with Crippen molar-refractivity contribution in [1.29, 1.82) is 0 Å². The smallest absolute Gasteiger partial charge is 0.326 e. The highest BCUT2D eigenvalue weighted by atomic mass is 16.5. The van der Waals surface area contributed by atoms with Crippen LogP contribution in [0.1, 0.15) is 25.7 Å². The molecular formula is C13H21N3O5. The average Bonchev–Trinajstić information content (AvgIpc) is 2.91. The van der Waals surface area contributed by atoms with Gasteiger partial charge >= 0.3 is 12.0 Å². The summed E-state index contributed by atoms with van der Waals surface area (Å²) in [7, 11) is 1.49. The molecule has 2 aliphatic heterocycles. The van der Waals surface area contributed by atoms with Crippen LogP contribution in [0.5, 0.6) is 0 Å². The lowest BCUT2D eigenvalue weighted by Gasteiger charge is -2.37. The Morgan fingerprint density at radius 2 is 1.90 bits per heavy atom. The summed E-state index contributed by atoms with van der Waals surface area (Å²) in [5.74, 6) is -1.60. The molecule has 0 spiro atoms. The summed E-state index contributed by atoms with van der Waals surface area (Å²) in [5.41, 5.74) is 5.35. The Balaban J connectivity index is 2.16. The summed E-state index contributed by atoms with van der Waals surface area (Å²) < 4.78 is 5.17. The third kappa shape index (κ3) is 3.10. The first-order valence-corrected chi connectivity index (χ1v) is 7.08. The lowest BCUT2D eigenvalue weighted by atomic mass is 10.0. The lowest BCUT2D eigenvalue weighted by molar-refractivity contribution is -0.141. The Morgan fingerprint density at radius 1 is 1.19 bits per heavy atom. The van der Waals surface area contributed by atoms with Gasteiger partial charge in [0.2, 0.25) is 5.91 Å². The van der Waals surface area contributed by atoms with Gasteiger partial charge in [0, 0.05) is 26.6 Å². The number of nitrogens with zero attached hydrogens (tertiary/aromatic N) is 2. The molecule has 2 saturated heterocycles. The number of hydrogen-bond acceptors (Lipinski definition) is 4. The zero-order valence-corrected chi connectivity index (χ0v) is 12.0. The van der Waals surface area contributed by atoms with Gasteiger partial charge in [0.25, 0.3) is 0 Å². The highest BCUT2D eigenvalue weighted by molar-refractivity contribution is 5.88. The molecule has 0 radical (unpaired) electrons. The van der Waals surface area contributed by atoms with Crippen LogP contribution in [-0.4, -0.2) is 71.2 Å². The summed E-state index contributed by atoms with van der Waals surface area (Å²) >= 11 is 0. The van der Waals surface area contributed by atoms with E-state index in [2.05, 4.69) is 0 Å². The first-order chi connectivity index (χ1) is 9.95. The first-order valence-electron chi connectivity index (χ1n) is 7.08. The van der Waals surface area contributed by atoms with E-state index in [9.17, 15) is 19.5 Å². The van der Waals surface area contributed by atoms with Crippen LogP contribution < -0.4 is 5.73 Å². The molecule has 0 bridgehead atoms. The van der Waals surface area contributed by atoms with Gasteiger partial charge < -0.3 is 25.4 Å². The minimum atomic E-state index is -1.06. The molecule has 2 aliphatic rings. The maximum absolute atomic E-state index is 12.6. The maximum atomic E-state index is 12.6. The highest BCUT2D eigenvalue weighted by Gasteiger charge is 2.43. The van der Waals surface area contributed by atoms with E-state index in [4.69, 9.17) is 10.5 Å². The molecule has 2 fully saturated rings.